The maximum atomic E-state index is 12.9. The van der Waals surface area contributed by atoms with Crippen LogP contribution in [0.1, 0.15) is 31.8 Å². The minimum absolute atomic E-state index is 0.147. The van der Waals surface area contributed by atoms with Crippen LogP contribution >= 0.6 is 15.9 Å². The predicted octanol–water partition coefficient (Wildman–Crippen LogP) is 2.76. The minimum Gasteiger partial charge on any atom is -0.506 e. The topological polar surface area (TPSA) is 150 Å². The van der Waals surface area contributed by atoms with Gasteiger partial charge >= 0.3 is 0 Å². The van der Waals surface area contributed by atoms with E-state index in [0.717, 1.165) is 18.2 Å². The standard InChI is InChI=1S/C15H7BrN2O8/c1-26-8-3-2-6(17(22)23)9-11(8)14(20)10-7(18(24)25)4-5(16)13(19)12(10)15(9)21/h2-4,19H,1H3. The van der Waals surface area contributed by atoms with Gasteiger partial charge in [0.1, 0.15) is 22.6 Å². The third kappa shape index (κ3) is 2.24. The average Bonchev–Trinajstić information content (AvgIpc) is 2.59. The summed E-state index contributed by atoms with van der Waals surface area (Å²) in [5.41, 5.74) is -3.75. The van der Waals surface area contributed by atoms with E-state index >= 15 is 0 Å². The molecule has 0 radical (unpaired) electrons. The second-order valence-electron chi connectivity index (χ2n) is 5.19. The molecular formula is C15H7BrN2O8. The van der Waals surface area contributed by atoms with Crippen molar-refractivity contribution in [2.75, 3.05) is 7.11 Å². The lowest BCUT2D eigenvalue weighted by Crippen LogP contribution is -2.24. The summed E-state index contributed by atoms with van der Waals surface area (Å²) in [6, 6.07) is 2.99. The van der Waals surface area contributed by atoms with Crippen LogP contribution in [-0.4, -0.2) is 33.6 Å². The monoisotopic (exact) mass is 422 g/mol. The average molecular weight is 423 g/mol. The van der Waals surface area contributed by atoms with Gasteiger partial charge in [0.05, 0.1) is 32.6 Å². The van der Waals surface area contributed by atoms with Crippen LogP contribution in [0.15, 0.2) is 22.7 Å². The Balaban J connectivity index is 2.51. The molecule has 0 atom stereocenters. The summed E-state index contributed by atoms with van der Waals surface area (Å²) in [5, 5.41) is 32.8. The molecule has 0 saturated carbocycles. The van der Waals surface area contributed by atoms with E-state index in [0.29, 0.717) is 0 Å². The summed E-state index contributed by atoms with van der Waals surface area (Å²) >= 11 is 2.88. The van der Waals surface area contributed by atoms with Gasteiger partial charge in [-0.3, -0.25) is 29.8 Å². The Morgan fingerprint density at radius 1 is 0.962 bits per heavy atom. The van der Waals surface area contributed by atoms with E-state index in [1.54, 1.807) is 0 Å². The van der Waals surface area contributed by atoms with Crippen molar-refractivity contribution in [2.45, 2.75) is 0 Å². The van der Waals surface area contributed by atoms with Crippen molar-refractivity contribution in [2.24, 2.45) is 0 Å². The molecule has 1 aliphatic rings. The molecular weight excluding hydrogens is 416 g/mol. The van der Waals surface area contributed by atoms with E-state index < -0.39 is 60.8 Å². The van der Waals surface area contributed by atoms with Gasteiger partial charge in [-0.05, 0) is 22.0 Å². The maximum Gasteiger partial charge on any atom is 0.282 e. The van der Waals surface area contributed by atoms with Crippen LogP contribution in [0.5, 0.6) is 11.5 Å². The number of hydrogen-bond acceptors (Lipinski definition) is 8. The Kier molecular flexibility index (Phi) is 3.95. The Morgan fingerprint density at radius 3 is 2.04 bits per heavy atom. The molecule has 0 unspecified atom stereocenters. The number of rotatable bonds is 3. The van der Waals surface area contributed by atoms with Crippen LogP contribution in [0.4, 0.5) is 11.4 Å². The third-order valence-corrected chi connectivity index (χ3v) is 4.50. The fourth-order valence-corrected chi connectivity index (χ4v) is 3.24. The quantitative estimate of drug-likeness (QED) is 0.499. The summed E-state index contributed by atoms with van der Waals surface area (Å²) in [6.07, 6.45) is 0. The molecule has 1 N–H and O–H groups in total. The highest BCUT2D eigenvalue weighted by Crippen LogP contribution is 2.46. The van der Waals surface area contributed by atoms with Crippen molar-refractivity contribution >= 4 is 38.9 Å². The van der Waals surface area contributed by atoms with Crippen LogP contribution < -0.4 is 4.74 Å². The van der Waals surface area contributed by atoms with Crippen molar-refractivity contribution in [1.82, 2.24) is 0 Å². The largest absolute Gasteiger partial charge is 0.506 e. The lowest BCUT2D eigenvalue weighted by atomic mass is 9.81. The number of phenolic OH excluding ortho intramolecular Hbond substituents is 1. The Labute approximate surface area is 152 Å². The highest BCUT2D eigenvalue weighted by Gasteiger charge is 2.44. The van der Waals surface area contributed by atoms with Crippen LogP contribution in [0.3, 0.4) is 0 Å². The van der Waals surface area contributed by atoms with E-state index in [1.807, 2.05) is 0 Å². The third-order valence-electron chi connectivity index (χ3n) is 3.90. The van der Waals surface area contributed by atoms with Crippen LogP contribution in [0.25, 0.3) is 0 Å². The molecule has 0 amide bonds. The molecule has 26 heavy (non-hydrogen) atoms. The number of carbonyl (C=O) groups excluding carboxylic acids is 2. The van der Waals surface area contributed by atoms with Gasteiger partial charge in [-0.2, -0.15) is 0 Å². The van der Waals surface area contributed by atoms with Crippen molar-refractivity contribution in [3.05, 3.63) is 65.2 Å². The molecule has 10 nitrogen and oxygen atoms in total. The zero-order chi connectivity index (χ0) is 19.3. The first-order valence-corrected chi connectivity index (χ1v) is 7.64. The van der Waals surface area contributed by atoms with Crippen LogP contribution in [0, 0.1) is 20.2 Å². The first-order valence-electron chi connectivity index (χ1n) is 6.85. The smallest absolute Gasteiger partial charge is 0.282 e. The maximum absolute atomic E-state index is 12.9. The second-order valence-corrected chi connectivity index (χ2v) is 6.04. The molecule has 3 rings (SSSR count). The van der Waals surface area contributed by atoms with E-state index in [2.05, 4.69) is 15.9 Å². The first kappa shape index (κ1) is 17.5. The number of ether oxygens (including phenoxy) is 1. The lowest BCUT2D eigenvalue weighted by Gasteiger charge is -2.20. The molecule has 0 aromatic heterocycles. The number of nitro groups is 2. The molecule has 0 fully saturated rings. The molecule has 2 aromatic rings. The van der Waals surface area contributed by atoms with Gasteiger partial charge in [0.15, 0.2) is 0 Å². The van der Waals surface area contributed by atoms with Gasteiger partial charge < -0.3 is 9.84 Å². The number of hydrogen-bond donors (Lipinski definition) is 1. The summed E-state index contributed by atoms with van der Waals surface area (Å²) in [7, 11) is 1.18. The minimum atomic E-state index is -1.08. The normalized spacial score (nSPS) is 12.4. The molecule has 0 heterocycles. The van der Waals surface area contributed by atoms with Gasteiger partial charge in [0, 0.05) is 12.1 Å². The number of carbonyl (C=O) groups is 2. The fraction of sp³-hybridized carbons (Fsp3) is 0.0667. The zero-order valence-corrected chi connectivity index (χ0v) is 14.4. The van der Waals surface area contributed by atoms with E-state index in [1.165, 1.54) is 7.11 Å². The fourth-order valence-electron chi connectivity index (χ4n) is 2.82. The molecule has 0 bridgehead atoms. The van der Waals surface area contributed by atoms with Crippen molar-refractivity contribution in [3.63, 3.8) is 0 Å². The summed E-state index contributed by atoms with van der Waals surface area (Å²) < 4.78 is 4.80. The molecule has 2 aromatic carbocycles. The number of halogens is 1. The predicted molar refractivity (Wildman–Crippen MR) is 89.0 cm³/mol. The Hall–Kier alpha value is -3.34. The van der Waals surface area contributed by atoms with E-state index in [9.17, 15) is 34.9 Å². The van der Waals surface area contributed by atoms with Crippen molar-refractivity contribution in [3.8, 4) is 11.5 Å². The molecule has 0 aliphatic heterocycles. The number of nitro benzene ring substituents is 2. The zero-order valence-electron chi connectivity index (χ0n) is 12.8. The van der Waals surface area contributed by atoms with Crippen LogP contribution in [-0.2, 0) is 0 Å². The number of fused-ring (bicyclic) bond motifs is 2. The molecule has 11 heteroatoms. The summed E-state index contributed by atoms with van der Waals surface area (Å²) in [4.78, 5) is 46.7. The van der Waals surface area contributed by atoms with Gasteiger partial charge in [-0.25, -0.2) is 0 Å². The van der Waals surface area contributed by atoms with Gasteiger partial charge in [-0.1, -0.05) is 0 Å². The number of aromatic hydroxyl groups is 1. The van der Waals surface area contributed by atoms with E-state index in [4.69, 9.17) is 4.74 Å². The van der Waals surface area contributed by atoms with Gasteiger partial charge in [0.25, 0.3) is 11.4 Å². The Bertz CT molecular complexity index is 1050. The molecule has 0 saturated heterocycles. The van der Waals surface area contributed by atoms with Crippen molar-refractivity contribution in [1.29, 1.82) is 0 Å². The highest BCUT2D eigenvalue weighted by atomic mass is 79.9. The van der Waals surface area contributed by atoms with Crippen LogP contribution in [0.2, 0.25) is 0 Å². The molecule has 1 aliphatic carbocycles. The van der Waals surface area contributed by atoms with Gasteiger partial charge in [-0.15, -0.1) is 0 Å². The summed E-state index contributed by atoms with van der Waals surface area (Å²) in [5.74, 6) is -2.97. The summed E-state index contributed by atoms with van der Waals surface area (Å²) in [6.45, 7) is 0. The number of nitrogens with zero attached hydrogens (tertiary/aromatic N) is 2. The number of methoxy groups -OCH3 is 1. The first-order chi connectivity index (χ1) is 12.2. The number of ketones is 2. The number of phenols is 1. The van der Waals surface area contributed by atoms with E-state index in [-0.39, 0.29) is 10.2 Å². The van der Waals surface area contributed by atoms with Crippen molar-refractivity contribution < 1.29 is 29.3 Å². The molecule has 0 spiro atoms. The highest BCUT2D eigenvalue weighted by molar-refractivity contribution is 9.10. The second kappa shape index (κ2) is 5.88. The van der Waals surface area contributed by atoms with Gasteiger partial charge in [0.2, 0.25) is 11.6 Å². The lowest BCUT2D eigenvalue weighted by molar-refractivity contribution is -0.385. The number of benzene rings is 2. The SMILES string of the molecule is COc1ccc([N+](=O)[O-])c2c1C(=O)c1c([N+](=O)[O-])cc(Br)c(O)c1C2=O. The Morgan fingerprint density at radius 2 is 1.50 bits per heavy atom. The molecule has 132 valence electrons.